The van der Waals surface area contributed by atoms with E-state index in [9.17, 15) is 0 Å². The van der Waals surface area contributed by atoms with Crippen LogP contribution in [0.1, 0.15) is 44.5 Å². The summed E-state index contributed by atoms with van der Waals surface area (Å²) in [5, 5.41) is 4.80. The lowest BCUT2D eigenvalue weighted by atomic mass is 9.65. The van der Waals surface area contributed by atoms with Gasteiger partial charge in [-0.3, -0.25) is 0 Å². The minimum absolute atomic E-state index is 0.506. The smallest absolute Gasteiger partial charge is 0.143 e. The number of hydrogen-bond acceptors (Lipinski definition) is 2. The van der Waals surface area contributed by atoms with Crippen LogP contribution in [0.25, 0.3) is 93.9 Å². The van der Waals surface area contributed by atoms with Crippen LogP contribution in [0.4, 0.5) is 17.1 Å². The molecule has 1 unspecified atom stereocenters. The molecule has 0 radical (unpaired) electrons. The van der Waals surface area contributed by atoms with Crippen LogP contribution >= 0.6 is 0 Å². The minimum atomic E-state index is -0.607. The van der Waals surface area contributed by atoms with Gasteiger partial charge < -0.3 is 13.9 Å². The molecule has 3 nitrogen and oxygen atoms in total. The van der Waals surface area contributed by atoms with Crippen molar-refractivity contribution in [1.82, 2.24) is 4.57 Å². The minimum Gasteiger partial charge on any atom is -0.455 e. The van der Waals surface area contributed by atoms with E-state index in [4.69, 9.17) is 4.42 Å². The molecule has 0 saturated carbocycles. The molecule has 12 aromatic carbocycles. The molecule has 14 aromatic rings. The molecule has 18 rings (SSSR count). The van der Waals surface area contributed by atoms with Crippen molar-refractivity contribution in [2.75, 3.05) is 4.90 Å². The van der Waals surface area contributed by atoms with Gasteiger partial charge in [0.2, 0.25) is 0 Å². The lowest BCUT2D eigenvalue weighted by Gasteiger charge is -2.39. The van der Waals surface area contributed by atoms with E-state index in [-0.39, 0.29) is 0 Å². The first-order valence-corrected chi connectivity index (χ1v) is 26.8. The van der Waals surface area contributed by atoms with E-state index >= 15 is 0 Å². The molecule has 1 atom stereocenters. The topological polar surface area (TPSA) is 21.3 Å². The van der Waals surface area contributed by atoms with Crippen LogP contribution in [0, 0.1) is 0 Å². The molecule has 2 aromatic heterocycles. The van der Waals surface area contributed by atoms with Crippen LogP contribution in [-0.2, 0) is 10.8 Å². The molecule has 0 saturated heterocycles. The Kier molecular flexibility index (Phi) is 8.00. The Morgan fingerprint density at radius 1 is 0.325 bits per heavy atom. The Bertz CT molecular complexity index is 4830. The Morgan fingerprint density at radius 2 is 0.831 bits per heavy atom. The van der Waals surface area contributed by atoms with Crippen LogP contribution in [0.3, 0.4) is 0 Å². The van der Waals surface area contributed by atoms with Crippen molar-refractivity contribution in [3.63, 3.8) is 0 Å². The summed E-state index contributed by atoms with van der Waals surface area (Å²) in [6.45, 7) is 0. The van der Waals surface area contributed by atoms with Crippen molar-refractivity contribution in [2.24, 2.45) is 0 Å². The van der Waals surface area contributed by atoms with Gasteiger partial charge in [0, 0.05) is 44.0 Å². The van der Waals surface area contributed by atoms with E-state index in [0.717, 1.165) is 50.1 Å². The third kappa shape index (κ3) is 5.03. The summed E-state index contributed by atoms with van der Waals surface area (Å²) in [5.41, 5.74) is 28.0. The van der Waals surface area contributed by atoms with Crippen LogP contribution in [0.2, 0.25) is 0 Å². The van der Waals surface area contributed by atoms with Crippen molar-refractivity contribution in [2.45, 2.75) is 10.8 Å². The Labute approximate surface area is 444 Å². The molecule has 0 fully saturated rings. The second-order valence-electron chi connectivity index (χ2n) is 21.3. The maximum absolute atomic E-state index is 6.63. The van der Waals surface area contributed by atoms with Gasteiger partial charge in [-0.15, -0.1) is 0 Å². The van der Waals surface area contributed by atoms with Gasteiger partial charge in [0.25, 0.3) is 0 Å². The molecule has 3 heterocycles. The average Bonchev–Trinajstić information content (AvgIpc) is 4.27. The maximum Gasteiger partial charge on any atom is 0.143 e. The fraction of sp³-hybridized carbons (Fsp3) is 0.0270. The van der Waals surface area contributed by atoms with Gasteiger partial charge in [-0.2, -0.15) is 0 Å². The first kappa shape index (κ1) is 41.4. The molecule has 3 heteroatoms. The highest BCUT2D eigenvalue weighted by molar-refractivity contribution is 6.14. The van der Waals surface area contributed by atoms with Gasteiger partial charge >= 0.3 is 0 Å². The summed E-state index contributed by atoms with van der Waals surface area (Å²) >= 11 is 0. The average molecular weight is 977 g/mol. The van der Waals surface area contributed by atoms with Crippen molar-refractivity contribution in [1.29, 1.82) is 0 Å². The predicted molar refractivity (Wildman–Crippen MR) is 315 cm³/mol. The summed E-state index contributed by atoms with van der Waals surface area (Å²) < 4.78 is 9.16. The van der Waals surface area contributed by atoms with Crippen LogP contribution in [0.15, 0.2) is 271 Å². The normalized spacial score (nSPS) is 15.4. The number of rotatable bonds is 4. The highest BCUT2D eigenvalue weighted by Gasteiger charge is 2.54. The van der Waals surface area contributed by atoms with E-state index in [0.29, 0.717) is 0 Å². The molecule has 0 N–H and O–H groups in total. The first-order valence-electron chi connectivity index (χ1n) is 26.8. The van der Waals surface area contributed by atoms with Crippen molar-refractivity contribution >= 4 is 60.8 Å². The zero-order valence-electron chi connectivity index (χ0n) is 41.7. The second-order valence-corrected chi connectivity index (χ2v) is 21.3. The molecule has 356 valence electrons. The van der Waals surface area contributed by atoms with Crippen LogP contribution < -0.4 is 4.90 Å². The third-order valence-electron chi connectivity index (χ3n) is 18.0. The predicted octanol–water partition coefficient (Wildman–Crippen LogP) is 18.8. The fourth-order valence-corrected chi connectivity index (χ4v) is 15.2. The Hall–Kier alpha value is -9.96. The van der Waals surface area contributed by atoms with E-state index < -0.39 is 10.8 Å². The standard InChI is InChI=1S/C74H44N2O/c1-7-27-58-49(18-1)50-19-2-8-28-59(50)73(58)60-29-9-3-20-51(60)52-43-42-47(44-65(52)73)75(46-40-38-45(39-41-46)48-24-15-26-56-54-22-6-14-37-69(54)77-72(48)56)68-36-17-32-63-70(68)57-23-4-10-30-61(57)74(63)62-31-11-13-35-67(62)76-66-34-12-5-21-53(66)55-25-16-33-64(74)71(55)76/h1-44H. The monoisotopic (exact) mass is 976 g/mol. The van der Waals surface area contributed by atoms with Crippen molar-refractivity contribution in [3.8, 4) is 50.2 Å². The number of furan rings is 1. The number of benzene rings is 12. The molecular formula is C74H44N2O. The Morgan fingerprint density at radius 3 is 1.58 bits per heavy atom. The number of aromatic nitrogens is 1. The lowest BCUT2D eigenvalue weighted by molar-refractivity contribution is 0.670. The highest BCUT2D eigenvalue weighted by atomic mass is 16.3. The lowest BCUT2D eigenvalue weighted by Crippen LogP contribution is -2.33. The van der Waals surface area contributed by atoms with E-state index in [1.165, 1.54) is 105 Å². The largest absolute Gasteiger partial charge is 0.455 e. The maximum atomic E-state index is 6.63. The van der Waals surface area contributed by atoms with Crippen LogP contribution in [0.5, 0.6) is 0 Å². The second kappa shape index (κ2) is 14.9. The molecule has 77 heavy (non-hydrogen) atoms. The molecule has 1 aliphatic heterocycles. The highest BCUT2D eigenvalue weighted by Crippen LogP contribution is 2.66. The fourth-order valence-electron chi connectivity index (χ4n) is 15.2. The van der Waals surface area contributed by atoms with Gasteiger partial charge in [0.1, 0.15) is 11.2 Å². The number of anilines is 3. The molecule has 2 spiro atoms. The summed E-state index contributed by atoms with van der Waals surface area (Å²) in [4.78, 5) is 2.55. The van der Waals surface area contributed by atoms with Gasteiger partial charge in [-0.25, -0.2) is 0 Å². The summed E-state index contributed by atoms with van der Waals surface area (Å²) in [6, 6.07) is 100. The molecular weight excluding hydrogens is 933 g/mol. The van der Waals surface area contributed by atoms with E-state index in [2.05, 4.69) is 270 Å². The van der Waals surface area contributed by atoms with Crippen molar-refractivity contribution < 1.29 is 4.42 Å². The van der Waals surface area contributed by atoms with E-state index in [1.807, 2.05) is 6.07 Å². The zero-order chi connectivity index (χ0) is 50.1. The third-order valence-corrected chi connectivity index (χ3v) is 18.0. The van der Waals surface area contributed by atoms with Gasteiger partial charge in [0.05, 0.1) is 33.2 Å². The van der Waals surface area contributed by atoms with E-state index in [1.54, 1.807) is 0 Å². The molecule has 3 aliphatic carbocycles. The Balaban J connectivity index is 0.920. The van der Waals surface area contributed by atoms with Crippen molar-refractivity contribution in [3.05, 3.63) is 311 Å². The molecule has 4 aliphatic rings. The summed E-state index contributed by atoms with van der Waals surface area (Å²) in [5.74, 6) is 0. The summed E-state index contributed by atoms with van der Waals surface area (Å²) in [7, 11) is 0. The first-order chi connectivity index (χ1) is 38.2. The van der Waals surface area contributed by atoms with Gasteiger partial charge in [0.15, 0.2) is 0 Å². The SMILES string of the molecule is c1ccc2c(c1)-c1ccccc1C21c2ccccc2-c2ccc(N(c3ccc(-c4cccc5c4oc4ccccc45)cc3)c3cccc4c3-c3ccccc3C43c4ccccc4-n4c5ccccc5c5cccc3c54)cc21. The zero-order valence-corrected chi connectivity index (χ0v) is 41.7. The molecule has 0 bridgehead atoms. The number of nitrogens with zero attached hydrogens (tertiary/aromatic N) is 2. The quantitative estimate of drug-likeness (QED) is 0.175. The number of hydrogen-bond donors (Lipinski definition) is 0. The number of fused-ring (bicyclic) bond motifs is 25. The van der Waals surface area contributed by atoms with Crippen LogP contribution in [-0.4, -0.2) is 4.57 Å². The molecule has 0 amide bonds. The number of para-hydroxylation sites is 5. The van der Waals surface area contributed by atoms with Gasteiger partial charge in [-0.05, 0) is 126 Å². The summed E-state index contributed by atoms with van der Waals surface area (Å²) in [6.07, 6.45) is 0. The van der Waals surface area contributed by atoms with Gasteiger partial charge in [-0.1, -0.05) is 218 Å².